The summed E-state index contributed by atoms with van der Waals surface area (Å²) >= 11 is 0. The molecule has 1 N–H and O–H groups in total. The quantitative estimate of drug-likeness (QED) is 0.623. The zero-order chi connectivity index (χ0) is 15.6. The Kier molecular flexibility index (Phi) is 5.39. The minimum atomic E-state index is -0.885. The molecule has 1 fully saturated rings. The van der Waals surface area contributed by atoms with Crippen molar-refractivity contribution in [3.8, 4) is 0 Å². The van der Waals surface area contributed by atoms with Crippen molar-refractivity contribution in [2.45, 2.75) is 83.7 Å². The highest BCUT2D eigenvalue weighted by molar-refractivity contribution is 5.87. The van der Waals surface area contributed by atoms with Crippen LogP contribution in [0.1, 0.15) is 60.3 Å². The summed E-state index contributed by atoms with van der Waals surface area (Å²) < 4.78 is 11.5. The van der Waals surface area contributed by atoms with Crippen LogP contribution in [-0.2, 0) is 14.3 Å². The SMILES string of the molecule is C=C(C)C(=O)OC1CCCC(C)(OC(C)C(C)(C)O)C1. The van der Waals surface area contributed by atoms with Gasteiger partial charge in [-0.25, -0.2) is 4.79 Å². The van der Waals surface area contributed by atoms with Gasteiger partial charge in [0.1, 0.15) is 6.10 Å². The van der Waals surface area contributed by atoms with E-state index in [-0.39, 0.29) is 23.8 Å². The number of aliphatic hydroxyl groups is 1. The summed E-state index contributed by atoms with van der Waals surface area (Å²) in [6.45, 7) is 12.6. The molecule has 3 atom stereocenters. The first-order valence-electron chi connectivity index (χ1n) is 7.30. The highest BCUT2D eigenvalue weighted by Crippen LogP contribution is 2.35. The number of ether oxygens (including phenoxy) is 2. The Morgan fingerprint density at radius 3 is 2.60 bits per heavy atom. The fourth-order valence-corrected chi connectivity index (χ4v) is 2.42. The number of esters is 1. The van der Waals surface area contributed by atoms with E-state index in [2.05, 4.69) is 6.58 Å². The maximum atomic E-state index is 11.6. The molecule has 1 aliphatic carbocycles. The fourth-order valence-electron chi connectivity index (χ4n) is 2.42. The average molecular weight is 284 g/mol. The topological polar surface area (TPSA) is 55.8 Å². The van der Waals surface area contributed by atoms with Gasteiger partial charge in [-0.05, 0) is 53.9 Å². The lowest BCUT2D eigenvalue weighted by molar-refractivity contribution is -0.180. The van der Waals surface area contributed by atoms with Gasteiger partial charge in [-0.1, -0.05) is 6.58 Å². The zero-order valence-electron chi connectivity index (χ0n) is 13.4. The first kappa shape index (κ1) is 17.2. The van der Waals surface area contributed by atoms with Crippen molar-refractivity contribution in [1.29, 1.82) is 0 Å². The molecular weight excluding hydrogens is 256 g/mol. The summed E-state index contributed by atoms with van der Waals surface area (Å²) in [5, 5.41) is 9.99. The Bertz CT molecular complexity index is 369. The summed E-state index contributed by atoms with van der Waals surface area (Å²) in [5.41, 5.74) is -0.828. The van der Waals surface area contributed by atoms with Gasteiger partial charge in [-0.15, -0.1) is 0 Å². The molecule has 0 heterocycles. The Labute approximate surface area is 122 Å². The first-order chi connectivity index (χ1) is 9.03. The second-order valence-electron chi connectivity index (χ2n) is 6.77. The van der Waals surface area contributed by atoms with E-state index in [1.165, 1.54) is 0 Å². The number of carbonyl (C=O) groups is 1. The molecule has 0 aromatic rings. The van der Waals surface area contributed by atoms with E-state index >= 15 is 0 Å². The Hall–Kier alpha value is -0.870. The summed E-state index contributed by atoms with van der Waals surface area (Å²) in [6, 6.07) is 0. The van der Waals surface area contributed by atoms with Gasteiger partial charge in [0, 0.05) is 12.0 Å². The van der Waals surface area contributed by atoms with Crippen LogP contribution in [0.5, 0.6) is 0 Å². The fraction of sp³-hybridized carbons (Fsp3) is 0.812. The van der Waals surface area contributed by atoms with Gasteiger partial charge in [-0.3, -0.25) is 0 Å². The summed E-state index contributed by atoms with van der Waals surface area (Å²) in [7, 11) is 0. The van der Waals surface area contributed by atoms with Gasteiger partial charge in [0.25, 0.3) is 0 Å². The Morgan fingerprint density at radius 2 is 2.10 bits per heavy atom. The standard InChI is InChI=1S/C16H28O4/c1-11(2)14(17)19-13-8-7-9-16(6,10-13)20-12(3)15(4,5)18/h12-13,18H,1,7-10H2,2-6H3. The number of hydrogen-bond acceptors (Lipinski definition) is 4. The van der Waals surface area contributed by atoms with Crippen molar-refractivity contribution < 1.29 is 19.4 Å². The number of carbonyl (C=O) groups excluding carboxylic acids is 1. The Balaban J connectivity index is 2.63. The van der Waals surface area contributed by atoms with Gasteiger partial charge < -0.3 is 14.6 Å². The van der Waals surface area contributed by atoms with E-state index in [1.54, 1.807) is 20.8 Å². The lowest BCUT2D eigenvalue weighted by atomic mass is 9.83. The summed E-state index contributed by atoms with van der Waals surface area (Å²) in [4.78, 5) is 11.6. The third-order valence-electron chi connectivity index (χ3n) is 3.97. The lowest BCUT2D eigenvalue weighted by Crippen LogP contribution is -2.46. The molecular formula is C16H28O4. The third kappa shape index (κ3) is 4.91. The normalized spacial score (nSPS) is 28.8. The minimum absolute atomic E-state index is 0.132. The number of hydrogen-bond donors (Lipinski definition) is 1. The van der Waals surface area contributed by atoms with Crippen LogP contribution in [-0.4, -0.2) is 34.5 Å². The second kappa shape index (κ2) is 6.27. The molecule has 4 heteroatoms. The Morgan fingerprint density at radius 1 is 1.50 bits per heavy atom. The molecule has 1 saturated carbocycles. The molecule has 0 amide bonds. The monoisotopic (exact) mass is 284 g/mol. The molecule has 20 heavy (non-hydrogen) atoms. The van der Waals surface area contributed by atoms with E-state index < -0.39 is 5.60 Å². The zero-order valence-corrected chi connectivity index (χ0v) is 13.4. The maximum absolute atomic E-state index is 11.6. The highest BCUT2D eigenvalue weighted by atomic mass is 16.6. The van der Waals surface area contributed by atoms with Crippen LogP contribution in [0.25, 0.3) is 0 Å². The molecule has 0 bridgehead atoms. The van der Waals surface area contributed by atoms with Gasteiger partial charge in [0.05, 0.1) is 17.3 Å². The van der Waals surface area contributed by atoms with Crippen molar-refractivity contribution in [2.24, 2.45) is 0 Å². The van der Waals surface area contributed by atoms with Gasteiger partial charge >= 0.3 is 5.97 Å². The van der Waals surface area contributed by atoms with Crippen LogP contribution >= 0.6 is 0 Å². The van der Waals surface area contributed by atoms with Crippen molar-refractivity contribution in [2.75, 3.05) is 0 Å². The molecule has 3 unspecified atom stereocenters. The predicted octanol–water partition coefficient (Wildman–Crippen LogP) is 2.98. The van der Waals surface area contributed by atoms with Crippen LogP contribution in [0.15, 0.2) is 12.2 Å². The van der Waals surface area contributed by atoms with Crippen molar-refractivity contribution in [3.63, 3.8) is 0 Å². The molecule has 1 rings (SSSR count). The average Bonchev–Trinajstić information content (AvgIpc) is 2.26. The van der Waals surface area contributed by atoms with Crippen molar-refractivity contribution in [3.05, 3.63) is 12.2 Å². The predicted molar refractivity (Wildman–Crippen MR) is 78.4 cm³/mol. The van der Waals surface area contributed by atoms with E-state index in [1.807, 2.05) is 13.8 Å². The molecule has 0 saturated heterocycles. The molecule has 1 aliphatic rings. The third-order valence-corrected chi connectivity index (χ3v) is 3.97. The van der Waals surface area contributed by atoms with Crippen LogP contribution < -0.4 is 0 Å². The highest BCUT2D eigenvalue weighted by Gasteiger charge is 2.38. The molecule has 0 spiro atoms. The van der Waals surface area contributed by atoms with E-state index in [0.29, 0.717) is 12.0 Å². The van der Waals surface area contributed by atoms with Crippen LogP contribution in [0.4, 0.5) is 0 Å². The number of rotatable bonds is 5. The minimum Gasteiger partial charge on any atom is -0.459 e. The van der Waals surface area contributed by atoms with E-state index in [9.17, 15) is 9.90 Å². The van der Waals surface area contributed by atoms with E-state index in [0.717, 1.165) is 19.3 Å². The van der Waals surface area contributed by atoms with Crippen molar-refractivity contribution >= 4 is 5.97 Å². The lowest BCUT2D eigenvalue weighted by Gasteiger charge is -2.41. The molecule has 0 aromatic heterocycles. The van der Waals surface area contributed by atoms with Crippen LogP contribution in [0, 0.1) is 0 Å². The summed E-state index contributed by atoms with van der Waals surface area (Å²) in [6.07, 6.45) is 2.97. The van der Waals surface area contributed by atoms with Gasteiger partial charge in [0.2, 0.25) is 0 Å². The van der Waals surface area contributed by atoms with Crippen LogP contribution in [0.2, 0.25) is 0 Å². The molecule has 0 radical (unpaired) electrons. The molecule has 116 valence electrons. The molecule has 0 aliphatic heterocycles. The maximum Gasteiger partial charge on any atom is 0.333 e. The van der Waals surface area contributed by atoms with Gasteiger partial charge in [-0.2, -0.15) is 0 Å². The van der Waals surface area contributed by atoms with Gasteiger partial charge in [0.15, 0.2) is 0 Å². The first-order valence-corrected chi connectivity index (χ1v) is 7.30. The smallest absolute Gasteiger partial charge is 0.333 e. The second-order valence-corrected chi connectivity index (χ2v) is 6.77. The van der Waals surface area contributed by atoms with Crippen LogP contribution in [0.3, 0.4) is 0 Å². The summed E-state index contributed by atoms with van der Waals surface area (Å²) in [5.74, 6) is -0.338. The van der Waals surface area contributed by atoms with Crippen molar-refractivity contribution in [1.82, 2.24) is 0 Å². The molecule has 4 nitrogen and oxygen atoms in total. The molecule has 0 aromatic carbocycles. The van der Waals surface area contributed by atoms with E-state index in [4.69, 9.17) is 9.47 Å². The largest absolute Gasteiger partial charge is 0.459 e.